The Morgan fingerprint density at radius 3 is 2.72 bits per heavy atom. The van der Waals surface area contributed by atoms with Crippen LogP contribution in [-0.2, 0) is 11.3 Å². The Bertz CT molecular complexity index is 1210. The van der Waals surface area contributed by atoms with E-state index in [0.29, 0.717) is 6.42 Å². The summed E-state index contributed by atoms with van der Waals surface area (Å²) in [7, 11) is 1.66. The molecule has 146 valence electrons. The van der Waals surface area contributed by atoms with E-state index < -0.39 is 0 Å². The van der Waals surface area contributed by atoms with Crippen LogP contribution in [0.4, 0.5) is 0 Å². The lowest BCUT2D eigenvalue weighted by Crippen LogP contribution is -2.24. The summed E-state index contributed by atoms with van der Waals surface area (Å²) >= 11 is 0. The lowest BCUT2D eigenvalue weighted by atomic mass is 10.0. The van der Waals surface area contributed by atoms with E-state index in [0.717, 1.165) is 38.8 Å². The van der Waals surface area contributed by atoms with Crippen LogP contribution in [0.2, 0.25) is 0 Å². The fourth-order valence-electron chi connectivity index (χ4n) is 3.33. The molecule has 0 aliphatic heterocycles. The molecule has 6 nitrogen and oxygen atoms in total. The van der Waals surface area contributed by atoms with Crippen molar-refractivity contribution in [3.8, 4) is 5.75 Å². The van der Waals surface area contributed by atoms with Crippen molar-refractivity contribution in [2.24, 2.45) is 5.10 Å². The Morgan fingerprint density at radius 2 is 1.90 bits per heavy atom. The molecule has 4 aromatic rings. The maximum absolute atomic E-state index is 12.4. The molecular weight excluding hydrogens is 364 g/mol. The predicted octanol–water partition coefficient (Wildman–Crippen LogP) is 4.13. The summed E-state index contributed by atoms with van der Waals surface area (Å²) in [6.45, 7) is 2.19. The van der Waals surface area contributed by atoms with Crippen LogP contribution in [0.3, 0.4) is 0 Å². The van der Waals surface area contributed by atoms with Gasteiger partial charge in [-0.15, -0.1) is 0 Å². The molecule has 3 aromatic carbocycles. The molecule has 0 aliphatic rings. The van der Waals surface area contributed by atoms with E-state index in [1.54, 1.807) is 13.4 Å². The number of amides is 1. The molecule has 1 heterocycles. The van der Waals surface area contributed by atoms with Crippen molar-refractivity contribution in [1.82, 2.24) is 15.0 Å². The van der Waals surface area contributed by atoms with Gasteiger partial charge in [0.1, 0.15) is 12.3 Å². The van der Waals surface area contributed by atoms with Crippen molar-refractivity contribution in [3.63, 3.8) is 0 Å². The van der Waals surface area contributed by atoms with E-state index >= 15 is 0 Å². The number of hydrazone groups is 1. The Morgan fingerprint density at radius 1 is 1.10 bits per heavy atom. The Hall–Kier alpha value is -3.67. The molecule has 0 saturated carbocycles. The number of benzene rings is 3. The number of nitrogens with one attached hydrogen (secondary N) is 1. The molecule has 1 N–H and O–H groups in total. The van der Waals surface area contributed by atoms with Gasteiger partial charge in [-0.1, -0.05) is 37.3 Å². The van der Waals surface area contributed by atoms with Gasteiger partial charge >= 0.3 is 0 Å². The number of nitrogens with zero attached hydrogens (tertiary/aromatic N) is 3. The first kappa shape index (κ1) is 18.7. The molecule has 0 atom stereocenters. The van der Waals surface area contributed by atoms with Crippen molar-refractivity contribution in [1.29, 1.82) is 0 Å². The lowest BCUT2D eigenvalue weighted by molar-refractivity contribution is -0.121. The van der Waals surface area contributed by atoms with E-state index in [1.807, 2.05) is 66.1 Å². The van der Waals surface area contributed by atoms with Crippen LogP contribution in [0.5, 0.6) is 5.75 Å². The van der Waals surface area contributed by atoms with Gasteiger partial charge in [0.15, 0.2) is 0 Å². The fourth-order valence-corrected chi connectivity index (χ4v) is 3.33. The fraction of sp³-hybridized carbons (Fsp3) is 0.174. The number of imidazole rings is 1. The third kappa shape index (κ3) is 3.96. The Labute approximate surface area is 168 Å². The predicted molar refractivity (Wildman–Crippen MR) is 115 cm³/mol. The van der Waals surface area contributed by atoms with Crippen LogP contribution >= 0.6 is 0 Å². The molecule has 4 rings (SSSR count). The zero-order valence-electron chi connectivity index (χ0n) is 16.4. The van der Waals surface area contributed by atoms with Gasteiger partial charge in [-0.05, 0) is 53.1 Å². The average molecular weight is 386 g/mol. The average Bonchev–Trinajstić information content (AvgIpc) is 3.16. The van der Waals surface area contributed by atoms with E-state index in [-0.39, 0.29) is 12.5 Å². The number of fused-ring (bicyclic) bond motifs is 2. The standard InChI is InChI=1S/C23H22N4O2/c1-3-20(18-9-8-17-13-19(29-2)11-10-16(17)12-18)25-26-23(28)14-27-15-24-21-6-4-5-7-22(21)27/h4-13,15H,3,14H2,1-2H3,(H,26,28)/b25-20-. The molecule has 1 aromatic heterocycles. The van der Waals surface area contributed by atoms with Gasteiger partial charge in [-0.2, -0.15) is 5.10 Å². The van der Waals surface area contributed by atoms with E-state index in [9.17, 15) is 4.79 Å². The van der Waals surface area contributed by atoms with Crippen molar-refractivity contribution < 1.29 is 9.53 Å². The highest BCUT2D eigenvalue weighted by Gasteiger charge is 2.08. The lowest BCUT2D eigenvalue weighted by Gasteiger charge is -2.08. The highest BCUT2D eigenvalue weighted by Crippen LogP contribution is 2.22. The van der Waals surface area contributed by atoms with E-state index in [2.05, 4.69) is 21.6 Å². The van der Waals surface area contributed by atoms with Crippen LogP contribution < -0.4 is 10.2 Å². The second-order valence-corrected chi connectivity index (χ2v) is 6.74. The number of hydrogen-bond acceptors (Lipinski definition) is 4. The highest BCUT2D eigenvalue weighted by molar-refractivity contribution is 6.03. The second kappa shape index (κ2) is 8.14. The molecule has 0 spiro atoms. The number of carbonyl (C=O) groups is 1. The molecular formula is C23H22N4O2. The molecule has 0 bridgehead atoms. The number of para-hydroxylation sites is 2. The number of hydrogen-bond donors (Lipinski definition) is 1. The van der Waals surface area contributed by atoms with Gasteiger partial charge < -0.3 is 9.30 Å². The molecule has 6 heteroatoms. The minimum absolute atomic E-state index is 0.165. The molecule has 0 fully saturated rings. The summed E-state index contributed by atoms with van der Waals surface area (Å²) in [6, 6.07) is 19.8. The monoisotopic (exact) mass is 386 g/mol. The number of carbonyl (C=O) groups excluding carboxylic acids is 1. The Kier molecular flexibility index (Phi) is 5.24. The number of aromatic nitrogens is 2. The molecule has 29 heavy (non-hydrogen) atoms. The summed E-state index contributed by atoms with van der Waals surface area (Å²) in [5, 5.41) is 6.57. The van der Waals surface area contributed by atoms with E-state index in [1.165, 1.54) is 0 Å². The first-order valence-electron chi connectivity index (χ1n) is 9.51. The maximum atomic E-state index is 12.4. The first-order chi connectivity index (χ1) is 14.2. The van der Waals surface area contributed by atoms with Crippen LogP contribution in [0, 0.1) is 0 Å². The SMILES string of the molecule is CC/C(=N/NC(=O)Cn1cnc2ccccc21)c1ccc2cc(OC)ccc2c1. The smallest absolute Gasteiger partial charge is 0.260 e. The van der Waals surface area contributed by atoms with Crippen LogP contribution in [-0.4, -0.2) is 28.3 Å². The van der Waals surface area contributed by atoms with Gasteiger partial charge in [0.05, 0.1) is 30.2 Å². The van der Waals surface area contributed by atoms with Gasteiger partial charge in [0.2, 0.25) is 0 Å². The zero-order valence-corrected chi connectivity index (χ0v) is 16.4. The van der Waals surface area contributed by atoms with Crippen LogP contribution in [0.1, 0.15) is 18.9 Å². The van der Waals surface area contributed by atoms with Crippen molar-refractivity contribution in [3.05, 3.63) is 72.6 Å². The second-order valence-electron chi connectivity index (χ2n) is 6.74. The summed E-state index contributed by atoms with van der Waals surface area (Å²) in [4.78, 5) is 16.7. The minimum atomic E-state index is -0.190. The third-order valence-corrected chi connectivity index (χ3v) is 4.87. The summed E-state index contributed by atoms with van der Waals surface area (Å²) in [6.07, 6.45) is 2.38. The zero-order chi connectivity index (χ0) is 20.2. The number of rotatable bonds is 6. The molecule has 0 aliphatic carbocycles. The summed E-state index contributed by atoms with van der Waals surface area (Å²) in [5.41, 5.74) is 6.28. The largest absolute Gasteiger partial charge is 0.497 e. The number of methoxy groups -OCH3 is 1. The summed E-state index contributed by atoms with van der Waals surface area (Å²) in [5.74, 6) is 0.638. The van der Waals surface area contributed by atoms with Crippen LogP contribution in [0.25, 0.3) is 21.8 Å². The molecule has 0 saturated heterocycles. The minimum Gasteiger partial charge on any atom is -0.497 e. The third-order valence-electron chi connectivity index (χ3n) is 4.87. The highest BCUT2D eigenvalue weighted by atomic mass is 16.5. The normalized spacial score (nSPS) is 11.7. The van der Waals surface area contributed by atoms with Crippen molar-refractivity contribution in [2.75, 3.05) is 7.11 Å². The Balaban J connectivity index is 1.51. The van der Waals surface area contributed by atoms with Gasteiger partial charge in [0, 0.05) is 0 Å². The van der Waals surface area contributed by atoms with Gasteiger partial charge in [0.25, 0.3) is 5.91 Å². The van der Waals surface area contributed by atoms with Crippen molar-refractivity contribution >= 4 is 33.4 Å². The number of ether oxygens (including phenoxy) is 1. The van der Waals surface area contributed by atoms with E-state index in [4.69, 9.17) is 4.74 Å². The first-order valence-corrected chi connectivity index (χ1v) is 9.51. The quantitative estimate of drug-likeness (QED) is 0.400. The van der Waals surface area contributed by atoms with Crippen LogP contribution in [0.15, 0.2) is 72.1 Å². The van der Waals surface area contributed by atoms with Crippen molar-refractivity contribution in [2.45, 2.75) is 19.9 Å². The topological polar surface area (TPSA) is 68.5 Å². The molecule has 0 unspecified atom stereocenters. The van der Waals surface area contributed by atoms with Gasteiger partial charge in [-0.3, -0.25) is 4.79 Å². The summed E-state index contributed by atoms with van der Waals surface area (Å²) < 4.78 is 7.09. The van der Waals surface area contributed by atoms with Gasteiger partial charge in [-0.25, -0.2) is 10.4 Å². The molecule has 1 amide bonds. The molecule has 0 radical (unpaired) electrons. The maximum Gasteiger partial charge on any atom is 0.260 e.